The van der Waals surface area contributed by atoms with Crippen LogP contribution in [0.5, 0.6) is 0 Å². The summed E-state index contributed by atoms with van der Waals surface area (Å²) in [5, 5.41) is 13.3. The number of aryl methyl sites for hydroxylation is 1. The third-order valence-electron chi connectivity index (χ3n) is 12.0. The molecule has 0 radical (unpaired) electrons. The predicted molar refractivity (Wildman–Crippen MR) is 234 cm³/mol. The Morgan fingerprint density at radius 2 is 1.36 bits per heavy atom. The molecule has 1 N–H and O–H groups in total. The fraction of sp³-hybridized carbons (Fsp3) is 0.140. The topological polar surface area (TPSA) is 28.8 Å². The van der Waals surface area contributed by atoms with Gasteiger partial charge >= 0.3 is 0 Å². The number of allylic oxidation sites excluding steroid dienone is 1. The van der Waals surface area contributed by atoms with Gasteiger partial charge in [-0.25, -0.2) is 0 Å². The maximum absolute atomic E-state index is 8.03. The monoisotopic (exact) mass is 794 g/mol. The molecule has 0 aliphatic heterocycles. The molecule has 0 saturated heterocycles. The molecule has 0 unspecified atom stereocenters. The number of nitrogens with zero attached hydrogens (tertiary/aromatic N) is 1. The summed E-state index contributed by atoms with van der Waals surface area (Å²) < 4.78 is 3.53. The summed E-state index contributed by atoms with van der Waals surface area (Å²) in [6, 6.07) is 45.5. The first kappa shape index (κ1) is 32.4. The van der Waals surface area contributed by atoms with Gasteiger partial charge in [0.25, 0.3) is 0 Å². The Balaban J connectivity index is 1.20. The van der Waals surface area contributed by atoms with E-state index in [4.69, 9.17) is 5.41 Å². The first-order chi connectivity index (χ1) is 25.9. The normalized spacial score (nSPS) is 14.1. The third kappa shape index (κ3) is 4.79. The maximum atomic E-state index is 8.03. The largest absolute Gasteiger partial charge is 0.341 e. The number of halogens is 1. The van der Waals surface area contributed by atoms with Gasteiger partial charge in [-0.1, -0.05) is 111 Å². The number of para-hydroxylation sites is 1. The van der Waals surface area contributed by atoms with Crippen molar-refractivity contribution < 1.29 is 0 Å². The lowest BCUT2D eigenvalue weighted by molar-refractivity contribution is 0.650. The summed E-state index contributed by atoms with van der Waals surface area (Å²) in [6.07, 6.45) is 8.35. The number of hydrogen-bond acceptors (Lipinski definition) is 1. The molecule has 2 aliphatic carbocycles. The lowest BCUT2D eigenvalue weighted by atomic mass is 9.75. The smallest absolute Gasteiger partial charge is 0.0497 e. The summed E-state index contributed by atoms with van der Waals surface area (Å²) >= 11 is 2.32. The summed E-state index contributed by atoms with van der Waals surface area (Å²) in [6.45, 7) is 8.02. The number of aromatic nitrogens is 1. The molecule has 2 nitrogen and oxygen atoms in total. The van der Waals surface area contributed by atoms with Crippen molar-refractivity contribution in [1.29, 1.82) is 5.41 Å². The van der Waals surface area contributed by atoms with E-state index in [1.165, 1.54) is 94.4 Å². The van der Waals surface area contributed by atoms with Crippen molar-refractivity contribution in [3.8, 4) is 44.5 Å². The van der Waals surface area contributed by atoms with Crippen LogP contribution in [0.1, 0.15) is 55.0 Å². The fourth-order valence-electron chi connectivity index (χ4n) is 9.55. The molecule has 0 amide bonds. The highest BCUT2D eigenvalue weighted by molar-refractivity contribution is 14.1. The van der Waals surface area contributed by atoms with Crippen LogP contribution in [-0.4, -0.2) is 10.8 Å². The van der Waals surface area contributed by atoms with Crippen molar-refractivity contribution in [2.24, 2.45) is 0 Å². The van der Waals surface area contributed by atoms with E-state index in [0.29, 0.717) is 0 Å². The standard InChI is InChI=1S/C50H39IN2/c1-4-53-46-16-10-9-13-38(46)39-22-18-33(28-47(39)53)43-26-31(30-20-24-45(51)34(25-30)29-52)17-21-35(43)32-19-23-42-44(27-32)50(2,3)49-41-15-8-6-12-37(41)36-11-5-7-14-40(36)48(42)49/h5-7,9-14,16-29,52H,4,8,15H2,1-3H3. The van der Waals surface area contributed by atoms with E-state index < -0.39 is 0 Å². The molecule has 0 spiro atoms. The number of benzene rings is 7. The van der Waals surface area contributed by atoms with Crippen molar-refractivity contribution in [2.45, 2.75) is 45.6 Å². The number of fused-ring (bicyclic) bond motifs is 11. The molecule has 0 saturated carbocycles. The fourth-order valence-corrected chi connectivity index (χ4v) is 10.0. The molecule has 1 heterocycles. The first-order valence-electron chi connectivity index (χ1n) is 18.7. The van der Waals surface area contributed by atoms with Crippen molar-refractivity contribution in [3.05, 3.63) is 159 Å². The molecular formula is C50H39IN2. The van der Waals surface area contributed by atoms with Gasteiger partial charge in [-0.3, -0.25) is 0 Å². The number of hydrogen-bond donors (Lipinski definition) is 1. The van der Waals surface area contributed by atoms with Crippen LogP contribution in [-0.2, 0) is 18.4 Å². The van der Waals surface area contributed by atoms with E-state index in [0.717, 1.165) is 39.6 Å². The van der Waals surface area contributed by atoms with Crippen LogP contribution < -0.4 is 0 Å². The van der Waals surface area contributed by atoms with Crippen LogP contribution in [0.2, 0.25) is 0 Å². The van der Waals surface area contributed by atoms with Gasteiger partial charge < -0.3 is 9.98 Å². The van der Waals surface area contributed by atoms with Crippen LogP contribution in [0, 0.1) is 8.98 Å². The second kappa shape index (κ2) is 12.1. The van der Waals surface area contributed by atoms with Crippen molar-refractivity contribution >= 4 is 67.5 Å². The summed E-state index contributed by atoms with van der Waals surface area (Å²) in [4.78, 5) is 0. The minimum absolute atomic E-state index is 0.134. The zero-order valence-electron chi connectivity index (χ0n) is 30.2. The van der Waals surface area contributed by atoms with Gasteiger partial charge in [0.15, 0.2) is 0 Å². The number of rotatable bonds is 5. The molecule has 0 fully saturated rings. The molecule has 256 valence electrons. The lowest BCUT2D eigenvalue weighted by Crippen LogP contribution is -2.19. The van der Waals surface area contributed by atoms with Crippen LogP contribution in [0.15, 0.2) is 127 Å². The predicted octanol–water partition coefficient (Wildman–Crippen LogP) is 13.8. The Morgan fingerprint density at radius 1 is 0.679 bits per heavy atom. The molecule has 7 aromatic carbocycles. The van der Waals surface area contributed by atoms with Gasteiger partial charge in [-0.15, -0.1) is 0 Å². The van der Waals surface area contributed by atoms with Gasteiger partial charge in [0.2, 0.25) is 0 Å². The maximum Gasteiger partial charge on any atom is 0.0497 e. The summed E-state index contributed by atoms with van der Waals surface area (Å²) in [5.41, 5.74) is 19.2. The Bertz CT molecular complexity index is 2880. The summed E-state index contributed by atoms with van der Waals surface area (Å²) in [7, 11) is 0. The van der Waals surface area contributed by atoms with E-state index >= 15 is 0 Å². The molecule has 3 heteroatoms. The SMILES string of the molecule is CCn1c2ccccc2c2ccc(-c3cc(-c4ccc(I)c(C=N)c4)ccc3-c3ccc4c(c3)C(C)(C)c3c5c(c6ccccc6c3-4)C=CCC5)cc21. The lowest BCUT2D eigenvalue weighted by Gasteiger charge is -2.28. The minimum atomic E-state index is -0.134. The molecule has 2 aliphatic rings. The molecular weight excluding hydrogens is 755 g/mol. The van der Waals surface area contributed by atoms with E-state index in [9.17, 15) is 0 Å². The highest BCUT2D eigenvalue weighted by Gasteiger charge is 2.40. The van der Waals surface area contributed by atoms with E-state index in [2.05, 4.69) is 181 Å². The van der Waals surface area contributed by atoms with Gasteiger partial charge in [-0.2, -0.15) is 0 Å². The quantitative estimate of drug-likeness (QED) is 0.133. The van der Waals surface area contributed by atoms with Gasteiger partial charge in [0.05, 0.1) is 0 Å². The van der Waals surface area contributed by atoms with Crippen LogP contribution in [0.25, 0.3) is 83.2 Å². The zero-order chi connectivity index (χ0) is 36.0. The second-order valence-corrected chi connectivity index (χ2v) is 16.3. The Morgan fingerprint density at radius 3 is 2.19 bits per heavy atom. The molecule has 10 rings (SSSR count). The van der Waals surface area contributed by atoms with Crippen molar-refractivity contribution in [1.82, 2.24) is 4.57 Å². The number of nitrogens with one attached hydrogen (secondary N) is 1. The van der Waals surface area contributed by atoms with Crippen molar-refractivity contribution in [3.63, 3.8) is 0 Å². The molecule has 53 heavy (non-hydrogen) atoms. The van der Waals surface area contributed by atoms with Crippen LogP contribution in [0.3, 0.4) is 0 Å². The van der Waals surface area contributed by atoms with Crippen molar-refractivity contribution in [2.75, 3.05) is 0 Å². The van der Waals surface area contributed by atoms with E-state index in [1.807, 2.05) is 0 Å². The average molecular weight is 795 g/mol. The average Bonchev–Trinajstić information content (AvgIpc) is 3.65. The van der Waals surface area contributed by atoms with Crippen LogP contribution in [0.4, 0.5) is 0 Å². The molecule has 0 bridgehead atoms. The molecule has 0 atom stereocenters. The third-order valence-corrected chi connectivity index (χ3v) is 13.0. The Labute approximate surface area is 324 Å². The van der Waals surface area contributed by atoms with Crippen LogP contribution >= 0.6 is 22.6 Å². The van der Waals surface area contributed by atoms with E-state index in [1.54, 1.807) is 0 Å². The van der Waals surface area contributed by atoms with Gasteiger partial charge in [0, 0.05) is 49.1 Å². The Hall–Kier alpha value is -5.26. The highest BCUT2D eigenvalue weighted by atomic mass is 127. The van der Waals surface area contributed by atoms with E-state index in [-0.39, 0.29) is 5.41 Å². The summed E-state index contributed by atoms with van der Waals surface area (Å²) in [5.74, 6) is 0. The first-order valence-corrected chi connectivity index (χ1v) is 19.8. The molecule has 8 aromatic rings. The Kier molecular flexibility index (Phi) is 7.42. The minimum Gasteiger partial charge on any atom is -0.341 e. The van der Waals surface area contributed by atoms with Gasteiger partial charge in [0.1, 0.15) is 0 Å². The van der Waals surface area contributed by atoms with Gasteiger partial charge in [-0.05, 0) is 156 Å². The molecule has 1 aromatic heterocycles. The highest BCUT2D eigenvalue weighted by Crippen LogP contribution is 2.55. The second-order valence-electron chi connectivity index (χ2n) is 15.1. The zero-order valence-corrected chi connectivity index (χ0v) is 32.4.